The van der Waals surface area contributed by atoms with Crippen LogP contribution in [0.1, 0.15) is 25.5 Å². The predicted molar refractivity (Wildman–Crippen MR) is 73.7 cm³/mol. The van der Waals surface area contributed by atoms with E-state index in [1.807, 2.05) is 6.92 Å². The number of nitrogens with one attached hydrogen (secondary N) is 1. The Kier molecular flexibility index (Phi) is 6.08. The molecule has 3 N–H and O–H groups in total. The van der Waals surface area contributed by atoms with E-state index in [2.05, 4.69) is 5.32 Å². The highest BCUT2D eigenvalue weighted by atomic mass is 16.5. The lowest BCUT2D eigenvalue weighted by Gasteiger charge is -2.22. The quantitative estimate of drug-likeness (QED) is 0.691. The van der Waals surface area contributed by atoms with Crippen LogP contribution in [0.2, 0.25) is 0 Å². The molecular weight excluding hydrogens is 246 g/mol. The Labute approximate surface area is 114 Å². The van der Waals surface area contributed by atoms with Gasteiger partial charge < -0.3 is 25.0 Å². The molecule has 3 atom stereocenters. The van der Waals surface area contributed by atoms with E-state index in [0.717, 1.165) is 5.56 Å². The van der Waals surface area contributed by atoms with Gasteiger partial charge in [-0.05, 0) is 31.5 Å². The molecule has 108 valence electrons. The van der Waals surface area contributed by atoms with Gasteiger partial charge in [-0.3, -0.25) is 0 Å². The summed E-state index contributed by atoms with van der Waals surface area (Å²) in [6, 6.07) is 5.14. The number of rotatable bonds is 7. The van der Waals surface area contributed by atoms with E-state index in [4.69, 9.17) is 9.47 Å². The average molecular weight is 269 g/mol. The van der Waals surface area contributed by atoms with Crippen LogP contribution in [-0.4, -0.2) is 43.1 Å². The third-order valence-electron chi connectivity index (χ3n) is 2.96. The minimum Gasteiger partial charge on any atom is -0.493 e. The van der Waals surface area contributed by atoms with E-state index in [0.29, 0.717) is 18.0 Å². The summed E-state index contributed by atoms with van der Waals surface area (Å²) in [5, 5.41) is 22.5. The highest BCUT2D eigenvalue weighted by Crippen LogP contribution is 2.30. The van der Waals surface area contributed by atoms with Crippen LogP contribution in [0.25, 0.3) is 0 Å². The summed E-state index contributed by atoms with van der Waals surface area (Å²) in [6.07, 6.45) is -1.13. The largest absolute Gasteiger partial charge is 0.493 e. The van der Waals surface area contributed by atoms with Crippen LogP contribution in [0.3, 0.4) is 0 Å². The van der Waals surface area contributed by atoms with Gasteiger partial charge in [0.2, 0.25) is 0 Å². The van der Waals surface area contributed by atoms with Crippen molar-refractivity contribution in [1.29, 1.82) is 0 Å². The Morgan fingerprint density at radius 1 is 1.11 bits per heavy atom. The number of benzene rings is 1. The van der Waals surface area contributed by atoms with Crippen LogP contribution in [0, 0.1) is 0 Å². The topological polar surface area (TPSA) is 71.0 Å². The maximum Gasteiger partial charge on any atom is 0.161 e. The summed E-state index contributed by atoms with van der Waals surface area (Å²) in [4.78, 5) is 0. The zero-order chi connectivity index (χ0) is 14.4. The molecule has 0 aliphatic rings. The molecule has 0 fully saturated rings. The molecular formula is C14H23NO4. The maximum absolute atomic E-state index is 10.2. The van der Waals surface area contributed by atoms with Gasteiger partial charge >= 0.3 is 0 Å². The van der Waals surface area contributed by atoms with Gasteiger partial charge in [-0.1, -0.05) is 6.07 Å². The molecule has 19 heavy (non-hydrogen) atoms. The number of hydrogen-bond acceptors (Lipinski definition) is 5. The third kappa shape index (κ3) is 4.38. The van der Waals surface area contributed by atoms with Crippen molar-refractivity contribution >= 4 is 0 Å². The average Bonchev–Trinajstić information content (AvgIpc) is 2.42. The molecule has 5 nitrogen and oxygen atoms in total. The van der Waals surface area contributed by atoms with Crippen LogP contribution in [0.4, 0.5) is 0 Å². The van der Waals surface area contributed by atoms with E-state index in [1.54, 1.807) is 39.3 Å². The summed E-state index contributed by atoms with van der Waals surface area (Å²) in [5.74, 6) is 1.21. The highest BCUT2D eigenvalue weighted by molar-refractivity contribution is 5.43. The standard InChI is InChI=1S/C14H23NO4/c1-9(16)8-15-10(2)14(17)11-5-6-12(18-3)13(7-11)19-4/h5-7,9-10,14-17H,8H2,1-4H3. The summed E-state index contributed by atoms with van der Waals surface area (Å²) >= 11 is 0. The molecule has 5 heteroatoms. The molecule has 1 aromatic carbocycles. The highest BCUT2D eigenvalue weighted by Gasteiger charge is 2.18. The van der Waals surface area contributed by atoms with Crippen molar-refractivity contribution in [1.82, 2.24) is 5.32 Å². The first-order chi connectivity index (χ1) is 8.99. The predicted octanol–water partition coefficient (Wildman–Crippen LogP) is 1.10. The number of methoxy groups -OCH3 is 2. The molecule has 1 aromatic rings. The molecule has 0 amide bonds. The Bertz CT molecular complexity index is 395. The van der Waals surface area contributed by atoms with Crippen LogP contribution in [0.15, 0.2) is 18.2 Å². The number of aliphatic hydroxyl groups excluding tert-OH is 2. The zero-order valence-electron chi connectivity index (χ0n) is 11.9. The Hall–Kier alpha value is -1.30. The molecule has 0 aromatic heterocycles. The Morgan fingerprint density at radius 3 is 2.26 bits per heavy atom. The van der Waals surface area contributed by atoms with Crippen molar-refractivity contribution in [3.63, 3.8) is 0 Å². The maximum atomic E-state index is 10.2. The minimum atomic E-state index is -0.682. The first-order valence-corrected chi connectivity index (χ1v) is 6.31. The fraction of sp³-hybridized carbons (Fsp3) is 0.571. The molecule has 1 rings (SSSR count). The SMILES string of the molecule is COc1ccc(C(O)C(C)NCC(C)O)cc1OC. The lowest BCUT2D eigenvalue weighted by Crippen LogP contribution is -2.36. The molecule has 0 aliphatic carbocycles. The van der Waals surface area contributed by atoms with Crippen molar-refractivity contribution in [3.8, 4) is 11.5 Å². The van der Waals surface area contributed by atoms with Gasteiger partial charge in [-0.15, -0.1) is 0 Å². The number of aliphatic hydroxyl groups is 2. The molecule has 0 spiro atoms. The van der Waals surface area contributed by atoms with Gasteiger partial charge in [0.25, 0.3) is 0 Å². The summed E-state index contributed by atoms with van der Waals surface area (Å²) < 4.78 is 10.4. The molecule has 0 heterocycles. The lowest BCUT2D eigenvalue weighted by atomic mass is 10.0. The number of hydrogen-bond donors (Lipinski definition) is 3. The van der Waals surface area contributed by atoms with Crippen molar-refractivity contribution in [3.05, 3.63) is 23.8 Å². The molecule has 0 saturated carbocycles. The normalized spacial score (nSPS) is 15.7. The number of ether oxygens (including phenoxy) is 2. The van der Waals surface area contributed by atoms with E-state index >= 15 is 0 Å². The van der Waals surface area contributed by atoms with Crippen LogP contribution >= 0.6 is 0 Å². The smallest absolute Gasteiger partial charge is 0.161 e. The van der Waals surface area contributed by atoms with E-state index < -0.39 is 12.2 Å². The molecule has 0 bridgehead atoms. The van der Waals surface area contributed by atoms with Gasteiger partial charge in [0.15, 0.2) is 11.5 Å². The van der Waals surface area contributed by atoms with Crippen LogP contribution < -0.4 is 14.8 Å². The first-order valence-electron chi connectivity index (χ1n) is 6.31. The second-order valence-electron chi connectivity index (χ2n) is 4.61. The summed E-state index contributed by atoms with van der Waals surface area (Å²) in [5.41, 5.74) is 0.739. The van der Waals surface area contributed by atoms with Gasteiger partial charge in [-0.2, -0.15) is 0 Å². The molecule has 0 saturated heterocycles. The van der Waals surface area contributed by atoms with Crippen molar-refractivity contribution in [2.24, 2.45) is 0 Å². The Morgan fingerprint density at radius 2 is 1.74 bits per heavy atom. The Balaban J connectivity index is 2.78. The summed E-state index contributed by atoms with van der Waals surface area (Å²) in [7, 11) is 3.13. The van der Waals surface area contributed by atoms with Crippen LogP contribution in [0.5, 0.6) is 11.5 Å². The van der Waals surface area contributed by atoms with Gasteiger partial charge in [-0.25, -0.2) is 0 Å². The monoisotopic (exact) mass is 269 g/mol. The minimum absolute atomic E-state index is 0.173. The zero-order valence-corrected chi connectivity index (χ0v) is 11.9. The third-order valence-corrected chi connectivity index (χ3v) is 2.96. The lowest BCUT2D eigenvalue weighted by molar-refractivity contribution is 0.121. The van der Waals surface area contributed by atoms with Crippen molar-refractivity contribution in [2.45, 2.75) is 32.1 Å². The fourth-order valence-corrected chi connectivity index (χ4v) is 1.79. The van der Waals surface area contributed by atoms with Gasteiger partial charge in [0.1, 0.15) is 0 Å². The second-order valence-corrected chi connectivity index (χ2v) is 4.61. The molecule has 0 radical (unpaired) electrons. The fourth-order valence-electron chi connectivity index (χ4n) is 1.79. The van der Waals surface area contributed by atoms with Crippen molar-refractivity contribution < 1.29 is 19.7 Å². The van der Waals surface area contributed by atoms with E-state index in [9.17, 15) is 10.2 Å². The first kappa shape index (κ1) is 15.8. The molecule has 3 unspecified atom stereocenters. The van der Waals surface area contributed by atoms with Crippen LogP contribution in [-0.2, 0) is 0 Å². The summed E-state index contributed by atoms with van der Waals surface area (Å²) in [6.45, 7) is 4.00. The van der Waals surface area contributed by atoms with E-state index in [1.165, 1.54) is 0 Å². The van der Waals surface area contributed by atoms with Gasteiger partial charge in [0.05, 0.1) is 26.4 Å². The molecule has 0 aliphatic heterocycles. The second kappa shape index (κ2) is 7.33. The van der Waals surface area contributed by atoms with Crippen molar-refractivity contribution in [2.75, 3.05) is 20.8 Å². The van der Waals surface area contributed by atoms with E-state index in [-0.39, 0.29) is 6.04 Å². The van der Waals surface area contributed by atoms with Gasteiger partial charge in [0, 0.05) is 12.6 Å².